The second kappa shape index (κ2) is 9.44. The quantitative estimate of drug-likeness (QED) is 0.559. The molecule has 0 spiro atoms. The van der Waals surface area contributed by atoms with Crippen molar-refractivity contribution in [1.82, 2.24) is 14.5 Å². The zero-order chi connectivity index (χ0) is 23.7. The lowest BCUT2D eigenvalue weighted by Gasteiger charge is -2.18. The largest absolute Gasteiger partial charge is 0.465 e. The van der Waals surface area contributed by atoms with Gasteiger partial charge in [-0.3, -0.25) is 14.2 Å². The molecule has 0 saturated carbocycles. The van der Waals surface area contributed by atoms with Crippen molar-refractivity contribution < 1.29 is 14.3 Å². The fraction of sp³-hybridized carbons (Fsp3) is 0.417. The maximum absolute atomic E-state index is 13.6. The van der Waals surface area contributed by atoms with Gasteiger partial charge in [0.05, 0.1) is 24.6 Å². The summed E-state index contributed by atoms with van der Waals surface area (Å²) in [5.74, 6) is 0.396. The van der Waals surface area contributed by atoms with Gasteiger partial charge in [0.2, 0.25) is 5.91 Å². The van der Waals surface area contributed by atoms with Crippen molar-refractivity contribution >= 4 is 39.1 Å². The number of nitrogens with zero attached hydrogens (tertiary/aromatic N) is 3. The Labute approximate surface area is 196 Å². The molecule has 33 heavy (non-hydrogen) atoms. The van der Waals surface area contributed by atoms with Crippen LogP contribution in [0.4, 0.5) is 5.69 Å². The van der Waals surface area contributed by atoms with Crippen molar-refractivity contribution in [3.8, 4) is 0 Å². The summed E-state index contributed by atoms with van der Waals surface area (Å²) in [4.78, 5) is 46.8. The third-order valence-corrected chi connectivity index (χ3v) is 6.99. The normalized spacial score (nSPS) is 15.5. The topological polar surface area (TPSA) is 93.5 Å². The van der Waals surface area contributed by atoms with Crippen molar-refractivity contribution in [3.63, 3.8) is 0 Å². The number of anilines is 1. The van der Waals surface area contributed by atoms with Crippen molar-refractivity contribution in [2.45, 2.75) is 39.3 Å². The highest BCUT2D eigenvalue weighted by atomic mass is 32.1. The number of carbonyl (C=O) groups excluding carboxylic acids is 2. The zero-order valence-electron chi connectivity index (χ0n) is 19.3. The van der Waals surface area contributed by atoms with E-state index in [0.717, 1.165) is 29.7 Å². The fourth-order valence-electron chi connectivity index (χ4n) is 4.18. The molecule has 1 aliphatic carbocycles. The number of rotatable bonds is 6. The molecule has 4 rings (SSSR count). The highest BCUT2D eigenvalue weighted by Crippen LogP contribution is 2.35. The van der Waals surface area contributed by atoms with Crippen molar-refractivity contribution in [1.29, 1.82) is 0 Å². The Morgan fingerprint density at radius 3 is 2.67 bits per heavy atom. The molecule has 2 heterocycles. The van der Waals surface area contributed by atoms with Crippen LogP contribution in [-0.2, 0) is 35.5 Å². The Morgan fingerprint density at radius 2 is 2.00 bits per heavy atom. The maximum atomic E-state index is 13.6. The van der Waals surface area contributed by atoms with E-state index in [2.05, 4.69) is 12.2 Å². The van der Waals surface area contributed by atoms with Crippen LogP contribution in [0.2, 0.25) is 0 Å². The number of aromatic nitrogens is 2. The Balaban J connectivity index is 1.65. The summed E-state index contributed by atoms with van der Waals surface area (Å²) in [6.07, 6.45) is 2.90. The number of fused-ring (bicyclic) bond motifs is 3. The molecule has 0 fully saturated rings. The van der Waals surface area contributed by atoms with Gasteiger partial charge < -0.3 is 15.0 Å². The van der Waals surface area contributed by atoms with Gasteiger partial charge in [0.25, 0.3) is 5.56 Å². The van der Waals surface area contributed by atoms with Crippen LogP contribution in [0.5, 0.6) is 0 Å². The van der Waals surface area contributed by atoms with Crippen LogP contribution in [0.1, 0.15) is 40.0 Å². The second-order valence-corrected chi connectivity index (χ2v) is 9.89. The monoisotopic (exact) mass is 468 g/mol. The van der Waals surface area contributed by atoms with Gasteiger partial charge in [0.1, 0.15) is 17.2 Å². The second-order valence-electron chi connectivity index (χ2n) is 8.81. The summed E-state index contributed by atoms with van der Waals surface area (Å²) >= 11 is 1.61. The molecule has 1 atom stereocenters. The Kier molecular flexibility index (Phi) is 6.62. The van der Waals surface area contributed by atoms with Gasteiger partial charge in [-0.1, -0.05) is 6.92 Å². The van der Waals surface area contributed by atoms with E-state index in [1.807, 2.05) is 19.0 Å². The number of carbonyl (C=O) groups is 2. The first-order chi connectivity index (χ1) is 15.8. The SMILES string of the molecule is COC(=O)c1ccc(NC(=O)Cn2c(CN(C)C)nc3sc4c(c3c2=O)CCC(C)C4)cc1. The number of aryl methyl sites for hydroxylation is 1. The van der Waals surface area contributed by atoms with Gasteiger partial charge in [-0.15, -0.1) is 11.3 Å². The lowest BCUT2D eigenvalue weighted by atomic mass is 9.89. The number of amides is 1. The predicted molar refractivity (Wildman–Crippen MR) is 129 cm³/mol. The number of benzene rings is 1. The number of hydrogen-bond acceptors (Lipinski definition) is 7. The molecule has 1 unspecified atom stereocenters. The number of hydrogen-bond donors (Lipinski definition) is 1. The van der Waals surface area contributed by atoms with E-state index >= 15 is 0 Å². The molecule has 1 aromatic carbocycles. The van der Waals surface area contributed by atoms with Crippen LogP contribution < -0.4 is 10.9 Å². The summed E-state index contributed by atoms with van der Waals surface area (Å²) in [5.41, 5.74) is 1.88. The minimum Gasteiger partial charge on any atom is -0.465 e. The number of nitrogens with one attached hydrogen (secondary N) is 1. The minimum absolute atomic E-state index is 0.134. The van der Waals surface area contributed by atoms with E-state index in [0.29, 0.717) is 34.9 Å². The first kappa shape index (κ1) is 23.1. The smallest absolute Gasteiger partial charge is 0.337 e. The molecule has 8 nitrogen and oxygen atoms in total. The third-order valence-electron chi connectivity index (χ3n) is 5.84. The molecule has 0 radical (unpaired) electrons. The van der Waals surface area contributed by atoms with Crippen molar-refractivity contribution in [2.24, 2.45) is 5.92 Å². The first-order valence-electron chi connectivity index (χ1n) is 10.9. The summed E-state index contributed by atoms with van der Waals surface area (Å²) in [7, 11) is 5.13. The van der Waals surface area contributed by atoms with Crippen LogP contribution >= 0.6 is 11.3 Å². The summed E-state index contributed by atoms with van der Waals surface area (Å²) in [6.45, 7) is 2.55. The molecule has 0 saturated heterocycles. The molecule has 2 aromatic heterocycles. The number of esters is 1. The Morgan fingerprint density at radius 1 is 1.27 bits per heavy atom. The highest BCUT2D eigenvalue weighted by molar-refractivity contribution is 7.18. The average molecular weight is 469 g/mol. The van der Waals surface area contributed by atoms with Gasteiger partial charge >= 0.3 is 5.97 Å². The summed E-state index contributed by atoms with van der Waals surface area (Å²) in [5, 5.41) is 3.47. The van der Waals surface area contributed by atoms with Gasteiger partial charge in [-0.05, 0) is 69.1 Å². The number of ether oxygens (including phenoxy) is 1. The molecule has 1 amide bonds. The predicted octanol–water partition coefficient (Wildman–Crippen LogP) is 3.07. The fourth-order valence-corrected chi connectivity index (χ4v) is 5.58. The molecule has 3 aromatic rings. The standard InChI is InChI=1S/C24H28N4O4S/c1-14-5-10-17-18(11-14)33-22-21(17)23(30)28(19(26-22)12-27(2)3)13-20(29)25-16-8-6-15(7-9-16)24(31)32-4/h6-9,14H,5,10-13H2,1-4H3,(H,25,29). The number of thiophene rings is 1. The third kappa shape index (κ3) is 4.84. The van der Waals surface area contributed by atoms with Crippen LogP contribution in [0.3, 0.4) is 0 Å². The molecule has 0 bridgehead atoms. The molecule has 1 aliphatic rings. The molecule has 1 N–H and O–H groups in total. The lowest BCUT2D eigenvalue weighted by Crippen LogP contribution is -2.33. The minimum atomic E-state index is -0.444. The van der Waals surface area contributed by atoms with E-state index < -0.39 is 5.97 Å². The average Bonchev–Trinajstić information content (AvgIpc) is 3.13. The van der Waals surface area contributed by atoms with Gasteiger partial charge in [0.15, 0.2) is 0 Å². The first-order valence-corrected chi connectivity index (χ1v) is 11.8. The summed E-state index contributed by atoms with van der Waals surface area (Å²) < 4.78 is 6.19. The van der Waals surface area contributed by atoms with Gasteiger partial charge in [-0.2, -0.15) is 0 Å². The van der Waals surface area contributed by atoms with Crippen molar-refractivity contribution in [2.75, 3.05) is 26.5 Å². The van der Waals surface area contributed by atoms with E-state index in [1.165, 1.54) is 16.6 Å². The molecule has 174 valence electrons. The molecule has 0 aliphatic heterocycles. The van der Waals surface area contributed by atoms with Crippen molar-refractivity contribution in [3.05, 3.63) is 56.4 Å². The maximum Gasteiger partial charge on any atom is 0.337 e. The van der Waals surface area contributed by atoms with E-state index in [4.69, 9.17) is 9.72 Å². The number of methoxy groups -OCH3 is 1. The molecular weight excluding hydrogens is 440 g/mol. The zero-order valence-corrected chi connectivity index (χ0v) is 20.1. The molecule has 9 heteroatoms. The Bertz CT molecular complexity index is 1260. The van der Waals surface area contributed by atoms with Gasteiger partial charge in [0, 0.05) is 10.6 Å². The van der Waals surface area contributed by atoms with Gasteiger partial charge in [-0.25, -0.2) is 9.78 Å². The highest BCUT2D eigenvalue weighted by Gasteiger charge is 2.25. The lowest BCUT2D eigenvalue weighted by molar-refractivity contribution is -0.116. The van der Waals surface area contributed by atoms with Crippen LogP contribution in [-0.4, -0.2) is 47.5 Å². The van der Waals surface area contributed by atoms with Crippen LogP contribution in [0.25, 0.3) is 10.2 Å². The molecular formula is C24H28N4O4S. The van der Waals surface area contributed by atoms with E-state index in [1.54, 1.807) is 35.6 Å². The summed E-state index contributed by atoms with van der Waals surface area (Å²) in [6, 6.07) is 6.42. The van der Waals surface area contributed by atoms with E-state index in [-0.39, 0.29) is 18.0 Å². The van der Waals surface area contributed by atoms with Crippen LogP contribution in [0.15, 0.2) is 29.1 Å². The Hall–Kier alpha value is -3.04. The van der Waals surface area contributed by atoms with E-state index in [9.17, 15) is 14.4 Å². The van der Waals surface area contributed by atoms with Crippen LogP contribution in [0, 0.1) is 5.92 Å².